The third kappa shape index (κ3) is 4.18. The maximum Gasteiger partial charge on any atom is 0.295 e. The second kappa shape index (κ2) is 9.62. The van der Waals surface area contributed by atoms with Gasteiger partial charge in [0, 0.05) is 5.69 Å². The lowest BCUT2D eigenvalue weighted by Gasteiger charge is -2.26. The molecule has 5 rings (SSSR count). The van der Waals surface area contributed by atoms with Gasteiger partial charge in [0.2, 0.25) is 5.76 Å². The van der Waals surface area contributed by atoms with Crippen molar-refractivity contribution in [2.45, 2.75) is 33.7 Å². The lowest BCUT2D eigenvalue weighted by molar-refractivity contribution is 0.0971. The number of hydrogen-bond acceptors (Lipinski definition) is 5. The lowest BCUT2D eigenvalue weighted by Crippen LogP contribution is -2.29. The van der Waals surface area contributed by atoms with Crippen molar-refractivity contribution in [1.82, 2.24) is 0 Å². The average Bonchev–Trinajstić information content (AvgIpc) is 3.17. The average molecular weight is 496 g/mol. The van der Waals surface area contributed by atoms with Crippen LogP contribution in [0.1, 0.15) is 51.3 Å². The van der Waals surface area contributed by atoms with E-state index in [0.717, 1.165) is 22.3 Å². The fraction of sp³-hybridized carbons (Fsp3) is 0.226. The van der Waals surface area contributed by atoms with Gasteiger partial charge in [-0.1, -0.05) is 30.9 Å². The number of amides is 1. The Morgan fingerprint density at radius 2 is 1.76 bits per heavy atom. The first kappa shape index (κ1) is 24.4. The van der Waals surface area contributed by atoms with Crippen LogP contribution in [-0.2, 0) is 0 Å². The fourth-order valence-electron chi connectivity index (χ4n) is 4.82. The number of benzene rings is 3. The first-order valence-corrected chi connectivity index (χ1v) is 12.3. The van der Waals surface area contributed by atoms with E-state index in [1.54, 1.807) is 17.0 Å². The zero-order valence-corrected chi connectivity index (χ0v) is 21.5. The molecule has 0 bridgehead atoms. The summed E-state index contributed by atoms with van der Waals surface area (Å²) in [6.45, 7) is 12.2. The molecule has 2 heterocycles. The summed E-state index contributed by atoms with van der Waals surface area (Å²) in [5, 5.41) is 0.460. The molecule has 3 aromatic carbocycles. The van der Waals surface area contributed by atoms with E-state index in [2.05, 4.69) is 6.58 Å². The van der Waals surface area contributed by atoms with E-state index >= 15 is 0 Å². The van der Waals surface area contributed by atoms with E-state index in [9.17, 15) is 9.59 Å². The zero-order valence-electron chi connectivity index (χ0n) is 21.5. The number of nitrogens with zero attached hydrogens (tertiary/aromatic N) is 1. The molecule has 0 saturated heterocycles. The molecular formula is C31H29NO5. The number of hydrogen-bond donors (Lipinski definition) is 0. The Morgan fingerprint density at radius 1 is 0.973 bits per heavy atom. The summed E-state index contributed by atoms with van der Waals surface area (Å²) in [5.74, 6) is 0.808. The molecule has 1 aromatic heterocycles. The molecule has 1 aliphatic heterocycles. The number of anilines is 1. The Balaban J connectivity index is 1.78. The molecule has 37 heavy (non-hydrogen) atoms. The summed E-state index contributed by atoms with van der Waals surface area (Å²) >= 11 is 0. The van der Waals surface area contributed by atoms with Crippen molar-refractivity contribution in [3.05, 3.63) is 111 Å². The van der Waals surface area contributed by atoms with Gasteiger partial charge in [0.1, 0.15) is 12.2 Å². The first-order valence-electron chi connectivity index (χ1n) is 12.3. The molecule has 0 aliphatic carbocycles. The Labute approximate surface area is 215 Å². The highest BCUT2D eigenvalue weighted by atomic mass is 16.5. The first-order chi connectivity index (χ1) is 17.8. The predicted molar refractivity (Wildman–Crippen MR) is 145 cm³/mol. The zero-order chi connectivity index (χ0) is 26.3. The van der Waals surface area contributed by atoms with Crippen molar-refractivity contribution in [2.24, 2.45) is 0 Å². The van der Waals surface area contributed by atoms with Gasteiger partial charge in [-0.2, -0.15) is 0 Å². The highest BCUT2D eigenvalue weighted by Crippen LogP contribution is 2.43. The highest BCUT2D eigenvalue weighted by molar-refractivity contribution is 6.10. The summed E-state index contributed by atoms with van der Waals surface area (Å²) in [7, 11) is 0. The monoisotopic (exact) mass is 495 g/mol. The molecule has 1 unspecified atom stereocenters. The van der Waals surface area contributed by atoms with Crippen LogP contribution in [0, 0.1) is 20.8 Å². The van der Waals surface area contributed by atoms with Gasteiger partial charge >= 0.3 is 0 Å². The van der Waals surface area contributed by atoms with Crippen molar-refractivity contribution in [3.63, 3.8) is 0 Å². The maximum absolute atomic E-state index is 14.0. The third-order valence-corrected chi connectivity index (χ3v) is 6.71. The Bertz CT molecular complexity index is 1600. The molecule has 1 aliphatic rings. The smallest absolute Gasteiger partial charge is 0.295 e. The molecule has 4 aromatic rings. The van der Waals surface area contributed by atoms with Gasteiger partial charge in [-0.05, 0) is 86.3 Å². The molecule has 6 heteroatoms. The van der Waals surface area contributed by atoms with Crippen LogP contribution < -0.4 is 19.8 Å². The number of ether oxygens (including phenoxy) is 2. The predicted octanol–water partition coefficient (Wildman–Crippen LogP) is 6.43. The van der Waals surface area contributed by atoms with E-state index in [1.807, 2.05) is 76.2 Å². The number of carbonyl (C=O) groups excluding carboxylic acids is 1. The molecule has 0 N–H and O–H groups in total. The molecule has 1 atom stereocenters. The van der Waals surface area contributed by atoms with Crippen LogP contribution in [-0.4, -0.2) is 19.1 Å². The van der Waals surface area contributed by atoms with Crippen LogP contribution in [0.25, 0.3) is 11.0 Å². The maximum atomic E-state index is 14.0. The van der Waals surface area contributed by atoms with Gasteiger partial charge in [0.15, 0.2) is 16.9 Å². The van der Waals surface area contributed by atoms with Gasteiger partial charge in [-0.25, -0.2) is 0 Å². The van der Waals surface area contributed by atoms with Gasteiger partial charge in [-0.3, -0.25) is 14.5 Å². The standard InChI is InChI=1S/C31H29NO5/c1-6-13-36-24-12-11-21(17-26(24)35-7-2)28-27-29(33)23-15-19(4)20(5)16-25(23)37-30(27)31(34)32(28)22-10-8-9-18(3)14-22/h6,8-12,14-17,28H,1,7,13H2,2-5H3. The van der Waals surface area contributed by atoms with Gasteiger partial charge < -0.3 is 13.9 Å². The molecule has 0 fully saturated rings. The SMILES string of the molecule is C=CCOc1ccc(C2c3c(oc4cc(C)c(C)cc4c3=O)C(=O)N2c2cccc(C)c2)cc1OCC. The van der Waals surface area contributed by atoms with Crippen LogP contribution in [0.15, 0.2) is 76.5 Å². The van der Waals surface area contributed by atoms with Crippen LogP contribution >= 0.6 is 0 Å². The van der Waals surface area contributed by atoms with Crippen molar-refractivity contribution >= 4 is 22.6 Å². The molecule has 0 radical (unpaired) electrons. The summed E-state index contributed by atoms with van der Waals surface area (Å²) in [6.07, 6.45) is 1.66. The van der Waals surface area contributed by atoms with Crippen molar-refractivity contribution in [1.29, 1.82) is 0 Å². The van der Waals surface area contributed by atoms with Gasteiger partial charge in [-0.15, -0.1) is 0 Å². The number of rotatable bonds is 7. The third-order valence-electron chi connectivity index (χ3n) is 6.71. The van der Waals surface area contributed by atoms with E-state index in [1.165, 1.54) is 0 Å². The minimum Gasteiger partial charge on any atom is -0.490 e. The molecule has 0 saturated carbocycles. The molecule has 0 spiro atoms. The fourth-order valence-corrected chi connectivity index (χ4v) is 4.82. The highest BCUT2D eigenvalue weighted by Gasteiger charge is 2.44. The summed E-state index contributed by atoms with van der Waals surface area (Å²) < 4.78 is 17.8. The second-order valence-electron chi connectivity index (χ2n) is 9.26. The van der Waals surface area contributed by atoms with Crippen LogP contribution in [0.4, 0.5) is 5.69 Å². The Kier molecular flexibility index (Phi) is 6.34. The largest absolute Gasteiger partial charge is 0.490 e. The lowest BCUT2D eigenvalue weighted by atomic mass is 9.96. The van der Waals surface area contributed by atoms with Gasteiger partial charge in [0.25, 0.3) is 5.91 Å². The van der Waals surface area contributed by atoms with E-state index in [4.69, 9.17) is 13.9 Å². The Morgan fingerprint density at radius 3 is 2.49 bits per heavy atom. The minimum absolute atomic E-state index is 0.0669. The molecular weight excluding hydrogens is 466 g/mol. The second-order valence-corrected chi connectivity index (χ2v) is 9.26. The summed E-state index contributed by atoms with van der Waals surface area (Å²) in [5.41, 5.74) is 4.90. The quantitative estimate of drug-likeness (QED) is 0.276. The summed E-state index contributed by atoms with van der Waals surface area (Å²) in [6, 6.07) is 16.1. The molecule has 1 amide bonds. The van der Waals surface area contributed by atoms with Crippen LogP contribution in [0.5, 0.6) is 11.5 Å². The van der Waals surface area contributed by atoms with Gasteiger partial charge in [0.05, 0.1) is 23.6 Å². The van der Waals surface area contributed by atoms with Crippen LogP contribution in [0.2, 0.25) is 0 Å². The van der Waals surface area contributed by atoms with Crippen LogP contribution in [0.3, 0.4) is 0 Å². The van der Waals surface area contributed by atoms with Crippen molar-refractivity contribution < 1.29 is 18.7 Å². The van der Waals surface area contributed by atoms with E-state index in [0.29, 0.717) is 46.9 Å². The topological polar surface area (TPSA) is 69.0 Å². The number of carbonyl (C=O) groups is 1. The Hall–Kier alpha value is -4.32. The number of fused-ring (bicyclic) bond motifs is 2. The molecule has 188 valence electrons. The normalized spacial score (nSPS) is 14.6. The van der Waals surface area contributed by atoms with E-state index in [-0.39, 0.29) is 17.1 Å². The molecule has 6 nitrogen and oxygen atoms in total. The minimum atomic E-state index is -0.695. The number of aryl methyl sites for hydroxylation is 3. The van der Waals surface area contributed by atoms with E-state index < -0.39 is 6.04 Å². The summed E-state index contributed by atoms with van der Waals surface area (Å²) in [4.78, 5) is 29.5. The van der Waals surface area contributed by atoms with Crippen molar-refractivity contribution in [3.8, 4) is 11.5 Å². The van der Waals surface area contributed by atoms with Crippen molar-refractivity contribution in [2.75, 3.05) is 18.1 Å².